The number of carbonyl (C=O) groups excluding carboxylic acids is 1. The Labute approximate surface area is 124 Å². The van der Waals surface area contributed by atoms with Crippen LogP contribution in [0, 0.1) is 6.92 Å². The molecule has 0 aliphatic rings. The number of hydrogen-bond donors (Lipinski definition) is 2. The quantitative estimate of drug-likeness (QED) is 0.844. The standard InChI is InChI=1S/C16H19N3O2/c1-12-17-10-9-14(19-12)7-8-16(21)18-11-15(20)13-5-3-2-4-6-13/h2-6,9-10,15,20H,7-8,11H2,1H3,(H,18,21). The first kappa shape index (κ1) is 15.1. The van der Waals surface area contributed by atoms with Crippen LogP contribution >= 0.6 is 0 Å². The fourth-order valence-electron chi connectivity index (χ4n) is 1.98. The van der Waals surface area contributed by atoms with Gasteiger partial charge in [0.05, 0.1) is 6.10 Å². The molecule has 0 aliphatic carbocycles. The second kappa shape index (κ2) is 7.50. The van der Waals surface area contributed by atoms with Crippen LogP contribution in [0.3, 0.4) is 0 Å². The summed E-state index contributed by atoms with van der Waals surface area (Å²) < 4.78 is 0. The van der Waals surface area contributed by atoms with Crippen LogP contribution in [0.5, 0.6) is 0 Å². The Hall–Kier alpha value is -2.27. The maximum Gasteiger partial charge on any atom is 0.220 e. The van der Waals surface area contributed by atoms with Gasteiger partial charge in [0.2, 0.25) is 5.91 Å². The van der Waals surface area contributed by atoms with Crippen LogP contribution in [-0.4, -0.2) is 27.5 Å². The molecule has 2 N–H and O–H groups in total. The van der Waals surface area contributed by atoms with Crippen molar-refractivity contribution in [1.29, 1.82) is 0 Å². The van der Waals surface area contributed by atoms with Gasteiger partial charge in [-0.05, 0) is 25.0 Å². The number of rotatable bonds is 6. The van der Waals surface area contributed by atoms with Gasteiger partial charge in [0.25, 0.3) is 0 Å². The number of benzene rings is 1. The Morgan fingerprint density at radius 2 is 2.05 bits per heavy atom. The molecule has 0 aliphatic heterocycles. The van der Waals surface area contributed by atoms with Gasteiger partial charge in [-0.25, -0.2) is 9.97 Å². The first-order chi connectivity index (χ1) is 10.1. The molecule has 110 valence electrons. The number of aryl methyl sites for hydroxylation is 2. The van der Waals surface area contributed by atoms with Crippen molar-refractivity contribution in [3.05, 3.63) is 59.7 Å². The van der Waals surface area contributed by atoms with Crippen molar-refractivity contribution in [1.82, 2.24) is 15.3 Å². The van der Waals surface area contributed by atoms with Crippen LogP contribution in [0.2, 0.25) is 0 Å². The molecule has 0 saturated carbocycles. The topological polar surface area (TPSA) is 75.1 Å². The lowest BCUT2D eigenvalue weighted by Gasteiger charge is -2.12. The van der Waals surface area contributed by atoms with E-state index in [1.807, 2.05) is 37.3 Å². The Morgan fingerprint density at radius 3 is 2.76 bits per heavy atom. The number of amides is 1. The molecule has 0 fully saturated rings. The van der Waals surface area contributed by atoms with E-state index in [2.05, 4.69) is 15.3 Å². The Balaban J connectivity index is 1.75. The van der Waals surface area contributed by atoms with Crippen LogP contribution in [0.15, 0.2) is 42.6 Å². The van der Waals surface area contributed by atoms with Crippen molar-refractivity contribution >= 4 is 5.91 Å². The van der Waals surface area contributed by atoms with E-state index in [4.69, 9.17) is 0 Å². The zero-order valence-corrected chi connectivity index (χ0v) is 12.0. The van der Waals surface area contributed by atoms with Gasteiger partial charge in [-0.3, -0.25) is 4.79 Å². The SMILES string of the molecule is Cc1nccc(CCC(=O)NCC(O)c2ccccc2)n1. The highest BCUT2D eigenvalue weighted by molar-refractivity contribution is 5.76. The zero-order chi connectivity index (χ0) is 15.1. The van der Waals surface area contributed by atoms with Gasteiger partial charge in [-0.15, -0.1) is 0 Å². The maximum atomic E-state index is 11.8. The fourth-order valence-corrected chi connectivity index (χ4v) is 1.98. The molecule has 1 atom stereocenters. The predicted octanol–water partition coefficient (Wildman–Crippen LogP) is 1.57. The van der Waals surface area contributed by atoms with Gasteiger partial charge >= 0.3 is 0 Å². The summed E-state index contributed by atoms with van der Waals surface area (Å²) in [6.45, 7) is 2.03. The highest BCUT2D eigenvalue weighted by atomic mass is 16.3. The number of aliphatic hydroxyl groups is 1. The molecule has 0 bridgehead atoms. The van der Waals surface area contributed by atoms with Crippen LogP contribution in [-0.2, 0) is 11.2 Å². The average Bonchev–Trinajstić information content (AvgIpc) is 2.51. The highest BCUT2D eigenvalue weighted by Crippen LogP contribution is 2.10. The molecule has 1 amide bonds. The van der Waals surface area contributed by atoms with Gasteiger partial charge in [-0.2, -0.15) is 0 Å². The van der Waals surface area contributed by atoms with Crippen molar-refractivity contribution in [3.8, 4) is 0 Å². The molecule has 1 aromatic heterocycles. The summed E-state index contributed by atoms with van der Waals surface area (Å²) >= 11 is 0. The lowest BCUT2D eigenvalue weighted by molar-refractivity contribution is -0.121. The van der Waals surface area contributed by atoms with Gasteiger partial charge < -0.3 is 10.4 Å². The lowest BCUT2D eigenvalue weighted by atomic mass is 10.1. The molecular weight excluding hydrogens is 266 g/mol. The van der Waals surface area contributed by atoms with E-state index in [-0.39, 0.29) is 12.5 Å². The van der Waals surface area contributed by atoms with Crippen LogP contribution < -0.4 is 5.32 Å². The van der Waals surface area contributed by atoms with Gasteiger partial charge in [0.1, 0.15) is 5.82 Å². The van der Waals surface area contributed by atoms with Gasteiger partial charge in [-0.1, -0.05) is 30.3 Å². The predicted molar refractivity (Wildman–Crippen MR) is 79.5 cm³/mol. The van der Waals surface area contributed by atoms with E-state index in [1.54, 1.807) is 12.3 Å². The molecular formula is C16H19N3O2. The van der Waals surface area contributed by atoms with Crippen molar-refractivity contribution < 1.29 is 9.90 Å². The summed E-state index contributed by atoms with van der Waals surface area (Å²) in [7, 11) is 0. The number of nitrogens with one attached hydrogen (secondary N) is 1. The van der Waals surface area contributed by atoms with Crippen molar-refractivity contribution in [2.45, 2.75) is 25.9 Å². The van der Waals surface area contributed by atoms with Crippen molar-refractivity contribution in [2.24, 2.45) is 0 Å². The Kier molecular flexibility index (Phi) is 5.40. The minimum atomic E-state index is -0.684. The maximum absolute atomic E-state index is 11.8. The summed E-state index contributed by atoms with van der Waals surface area (Å²) in [4.78, 5) is 20.0. The third kappa shape index (κ3) is 4.96. The molecule has 2 aromatic rings. The summed E-state index contributed by atoms with van der Waals surface area (Å²) in [5, 5.41) is 12.7. The lowest BCUT2D eigenvalue weighted by Crippen LogP contribution is -2.28. The van der Waals surface area contributed by atoms with Crippen LogP contribution in [0.4, 0.5) is 0 Å². The molecule has 2 rings (SSSR count). The number of nitrogens with zero attached hydrogens (tertiary/aromatic N) is 2. The van der Waals surface area contributed by atoms with Gasteiger partial charge in [0.15, 0.2) is 0 Å². The third-order valence-electron chi connectivity index (χ3n) is 3.12. The summed E-state index contributed by atoms with van der Waals surface area (Å²) in [6, 6.07) is 11.1. The van der Waals surface area contributed by atoms with Gasteiger partial charge in [0, 0.05) is 24.9 Å². The fraction of sp³-hybridized carbons (Fsp3) is 0.312. The minimum absolute atomic E-state index is 0.0961. The average molecular weight is 285 g/mol. The number of hydrogen-bond acceptors (Lipinski definition) is 4. The second-order valence-electron chi connectivity index (χ2n) is 4.83. The highest BCUT2D eigenvalue weighted by Gasteiger charge is 2.09. The van der Waals surface area contributed by atoms with Crippen molar-refractivity contribution in [2.75, 3.05) is 6.54 Å². The largest absolute Gasteiger partial charge is 0.387 e. The summed E-state index contributed by atoms with van der Waals surface area (Å²) in [6.07, 6.45) is 1.92. The third-order valence-corrected chi connectivity index (χ3v) is 3.12. The van der Waals surface area contributed by atoms with E-state index in [9.17, 15) is 9.90 Å². The summed E-state index contributed by atoms with van der Waals surface area (Å²) in [5.74, 6) is 0.605. The molecule has 0 spiro atoms. The zero-order valence-electron chi connectivity index (χ0n) is 12.0. The first-order valence-electron chi connectivity index (χ1n) is 6.93. The molecule has 21 heavy (non-hydrogen) atoms. The number of aliphatic hydroxyl groups excluding tert-OH is 1. The second-order valence-corrected chi connectivity index (χ2v) is 4.83. The normalized spacial score (nSPS) is 11.9. The summed E-state index contributed by atoms with van der Waals surface area (Å²) in [5.41, 5.74) is 1.64. The van der Waals surface area contributed by atoms with E-state index in [0.29, 0.717) is 18.7 Å². The molecule has 1 aromatic carbocycles. The van der Waals surface area contributed by atoms with E-state index >= 15 is 0 Å². The molecule has 5 heteroatoms. The van der Waals surface area contributed by atoms with Crippen LogP contribution in [0.1, 0.15) is 29.6 Å². The smallest absolute Gasteiger partial charge is 0.220 e. The number of aromatic nitrogens is 2. The molecule has 0 saturated heterocycles. The van der Waals surface area contributed by atoms with Crippen molar-refractivity contribution in [3.63, 3.8) is 0 Å². The van der Waals surface area contributed by atoms with E-state index < -0.39 is 6.10 Å². The molecule has 5 nitrogen and oxygen atoms in total. The van der Waals surface area contributed by atoms with E-state index in [1.165, 1.54) is 0 Å². The monoisotopic (exact) mass is 285 g/mol. The number of carbonyl (C=O) groups is 1. The molecule has 1 heterocycles. The first-order valence-corrected chi connectivity index (χ1v) is 6.93. The molecule has 0 radical (unpaired) electrons. The van der Waals surface area contributed by atoms with Crippen LogP contribution in [0.25, 0.3) is 0 Å². The van der Waals surface area contributed by atoms with E-state index in [0.717, 1.165) is 11.3 Å². The molecule has 1 unspecified atom stereocenters. The minimum Gasteiger partial charge on any atom is -0.387 e. The Morgan fingerprint density at radius 1 is 1.29 bits per heavy atom. The Bertz CT molecular complexity index is 587.